The summed E-state index contributed by atoms with van der Waals surface area (Å²) in [5.74, 6) is -0.0264. The SMILES string of the molecule is C=CC=C(C=CC)C(=O)NC1CC(C)(C)NC(C)(C)C1. The molecule has 20 heavy (non-hydrogen) atoms. The molecule has 1 fully saturated rings. The van der Waals surface area contributed by atoms with Crippen molar-refractivity contribution in [2.24, 2.45) is 0 Å². The number of piperidine rings is 1. The number of hydrogen-bond acceptors (Lipinski definition) is 2. The first-order valence-corrected chi connectivity index (χ1v) is 7.25. The van der Waals surface area contributed by atoms with Gasteiger partial charge in [0, 0.05) is 22.7 Å². The third-order valence-electron chi connectivity index (χ3n) is 3.43. The summed E-state index contributed by atoms with van der Waals surface area (Å²) in [7, 11) is 0. The van der Waals surface area contributed by atoms with E-state index in [1.807, 2.05) is 19.1 Å². The highest BCUT2D eigenvalue weighted by Gasteiger charge is 2.38. The summed E-state index contributed by atoms with van der Waals surface area (Å²) in [6, 6.07) is 0.187. The highest BCUT2D eigenvalue weighted by atomic mass is 16.1. The van der Waals surface area contributed by atoms with Gasteiger partial charge in [-0.25, -0.2) is 0 Å². The van der Waals surface area contributed by atoms with Crippen molar-refractivity contribution in [1.82, 2.24) is 10.6 Å². The van der Waals surface area contributed by atoms with Crippen LogP contribution < -0.4 is 10.6 Å². The second kappa shape index (κ2) is 6.40. The van der Waals surface area contributed by atoms with Crippen LogP contribution in [-0.4, -0.2) is 23.0 Å². The van der Waals surface area contributed by atoms with Gasteiger partial charge in [0.05, 0.1) is 0 Å². The highest BCUT2D eigenvalue weighted by Crippen LogP contribution is 2.28. The molecule has 1 heterocycles. The molecule has 1 saturated heterocycles. The molecule has 2 N–H and O–H groups in total. The number of nitrogens with one attached hydrogen (secondary N) is 2. The van der Waals surface area contributed by atoms with Crippen molar-refractivity contribution in [3.05, 3.63) is 36.5 Å². The molecule has 1 aliphatic rings. The molecular weight excluding hydrogens is 248 g/mol. The lowest BCUT2D eigenvalue weighted by Gasteiger charge is -2.46. The van der Waals surface area contributed by atoms with Crippen LogP contribution in [-0.2, 0) is 4.79 Å². The number of carbonyl (C=O) groups is 1. The average Bonchev–Trinajstić information content (AvgIpc) is 2.24. The van der Waals surface area contributed by atoms with Crippen molar-refractivity contribution in [3.63, 3.8) is 0 Å². The Morgan fingerprint density at radius 1 is 1.25 bits per heavy atom. The summed E-state index contributed by atoms with van der Waals surface area (Å²) < 4.78 is 0. The Balaban J connectivity index is 2.79. The molecule has 112 valence electrons. The van der Waals surface area contributed by atoms with Crippen LogP contribution in [0.1, 0.15) is 47.5 Å². The van der Waals surface area contributed by atoms with Gasteiger partial charge in [-0.2, -0.15) is 0 Å². The van der Waals surface area contributed by atoms with E-state index in [4.69, 9.17) is 0 Å². The van der Waals surface area contributed by atoms with E-state index in [0.29, 0.717) is 5.57 Å². The van der Waals surface area contributed by atoms with Crippen LogP contribution in [0.2, 0.25) is 0 Å². The summed E-state index contributed by atoms with van der Waals surface area (Å²) >= 11 is 0. The number of allylic oxidation sites excluding steroid dienone is 3. The number of rotatable bonds is 4. The summed E-state index contributed by atoms with van der Waals surface area (Å²) in [6.45, 7) is 14.3. The van der Waals surface area contributed by atoms with Crippen LogP contribution in [0.25, 0.3) is 0 Å². The Bertz CT molecular complexity index is 414. The van der Waals surface area contributed by atoms with Crippen molar-refractivity contribution in [2.75, 3.05) is 0 Å². The van der Waals surface area contributed by atoms with Crippen LogP contribution in [0.5, 0.6) is 0 Å². The molecule has 0 aromatic carbocycles. The second-order valence-corrected chi connectivity index (χ2v) is 6.83. The summed E-state index contributed by atoms with van der Waals surface area (Å²) in [6.07, 6.45) is 8.93. The lowest BCUT2D eigenvalue weighted by atomic mass is 9.79. The molecule has 0 aromatic rings. The Hall–Kier alpha value is -1.35. The van der Waals surface area contributed by atoms with E-state index in [1.165, 1.54) is 0 Å². The molecule has 1 rings (SSSR count). The summed E-state index contributed by atoms with van der Waals surface area (Å²) in [5.41, 5.74) is 0.710. The minimum atomic E-state index is -0.0264. The average molecular weight is 276 g/mol. The minimum absolute atomic E-state index is 0.0264. The maximum absolute atomic E-state index is 12.3. The molecule has 0 radical (unpaired) electrons. The van der Waals surface area contributed by atoms with Gasteiger partial charge >= 0.3 is 0 Å². The molecule has 3 heteroatoms. The van der Waals surface area contributed by atoms with E-state index < -0.39 is 0 Å². The van der Waals surface area contributed by atoms with Gasteiger partial charge in [0.15, 0.2) is 0 Å². The molecule has 1 aliphatic heterocycles. The zero-order chi connectivity index (χ0) is 15.4. The predicted octanol–water partition coefficient (Wildman–Crippen LogP) is 3.10. The molecule has 0 aliphatic carbocycles. The van der Waals surface area contributed by atoms with Crippen LogP contribution in [0.4, 0.5) is 0 Å². The Morgan fingerprint density at radius 2 is 1.80 bits per heavy atom. The Kier molecular flexibility index (Phi) is 5.35. The van der Waals surface area contributed by atoms with Crippen molar-refractivity contribution >= 4 is 5.91 Å². The van der Waals surface area contributed by atoms with Crippen LogP contribution in [0.15, 0.2) is 36.5 Å². The van der Waals surface area contributed by atoms with E-state index in [2.05, 4.69) is 44.9 Å². The fourth-order valence-electron chi connectivity index (χ4n) is 3.21. The van der Waals surface area contributed by atoms with E-state index in [9.17, 15) is 4.79 Å². The van der Waals surface area contributed by atoms with Gasteiger partial charge in [-0.3, -0.25) is 4.79 Å². The van der Waals surface area contributed by atoms with Crippen molar-refractivity contribution in [3.8, 4) is 0 Å². The maximum atomic E-state index is 12.3. The number of amides is 1. The largest absolute Gasteiger partial charge is 0.349 e. The topological polar surface area (TPSA) is 41.1 Å². The Labute approximate surface area is 123 Å². The van der Waals surface area contributed by atoms with Crippen LogP contribution in [0.3, 0.4) is 0 Å². The lowest BCUT2D eigenvalue weighted by molar-refractivity contribution is -0.118. The quantitative estimate of drug-likeness (QED) is 0.612. The van der Waals surface area contributed by atoms with E-state index >= 15 is 0 Å². The van der Waals surface area contributed by atoms with Crippen LogP contribution in [0, 0.1) is 0 Å². The van der Waals surface area contributed by atoms with Gasteiger partial charge in [0.2, 0.25) is 0 Å². The fourth-order valence-corrected chi connectivity index (χ4v) is 3.21. The molecule has 0 aromatic heterocycles. The minimum Gasteiger partial charge on any atom is -0.349 e. The molecule has 0 spiro atoms. The first-order chi connectivity index (χ1) is 9.19. The zero-order valence-electron chi connectivity index (χ0n) is 13.4. The van der Waals surface area contributed by atoms with E-state index in [1.54, 1.807) is 12.2 Å². The molecule has 0 saturated carbocycles. The molecule has 0 bridgehead atoms. The van der Waals surface area contributed by atoms with E-state index in [0.717, 1.165) is 12.8 Å². The van der Waals surface area contributed by atoms with Gasteiger partial charge in [-0.05, 0) is 47.5 Å². The smallest absolute Gasteiger partial charge is 0.251 e. The molecule has 0 atom stereocenters. The lowest BCUT2D eigenvalue weighted by Crippen LogP contribution is -2.62. The molecule has 0 unspecified atom stereocenters. The first kappa shape index (κ1) is 16.7. The predicted molar refractivity (Wildman–Crippen MR) is 85.6 cm³/mol. The zero-order valence-corrected chi connectivity index (χ0v) is 13.4. The second-order valence-electron chi connectivity index (χ2n) is 6.83. The normalized spacial score (nSPS) is 22.8. The van der Waals surface area contributed by atoms with Gasteiger partial charge < -0.3 is 10.6 Å². The standard InChI is InChI=1S/C17H28N2O/c1-7-9-13(10-8-2)15(20)18-14-11-16(3,4)19-17(5,6)12-14/h7-10,14,19H,1,11-12H2,2-6H3,(H,18,20). The van der Waals surface area contributed by atoms with Gasteiger partial charge in [-0.1, -0.05) is 30.9 Å². The Morgan fingerprint density at radius 3 is 2.25 bits per heavy atom. The van der Waals surface area contributed by atoms with Gasteiger partial charge in [0.25, 0.3) is 5.91 Å². The summed E-state index contributed by atoms with van der Waals surface area (Å²) in [4.78, 5) is 12.3. The van der Waals surface area contributed by atoms with Gasteiger partial charge in [-0.15, -0.1) is 0 Å². The third kappa shape index (κ3) is 4.97. The van der Waals surface area contributed by atoms with Crippen molar-refractivity contribution in [2.45, 2.75) is 64.6 Å². The number of hydrogen-bond donors (Lipinski definition) is 2. The summed E-state index contributed by atoms with van der Waals surface area (Å²) in [5, 5.41) is 6.77. The highest BCUT2D eigenvalue weighted by molar-refractivity contribution is 5.96. The number of carbonyl (C=O) groups excluding carboxylic acids is 1. The fraction of sp³-hybridized carbons (Fsp3) is 0.588. The monoisotopic (exact) mass is 276 g/mol. The molecule has 1 amide bonds. The first-order valence-electron chi connectivity index (χ1n) is 7.25. The third-order valence-corrected chi connectivity index (χ3v) is 3.43. The molecular formula is C17H28N2O. The van der Waals surface area contributed by atoms with E-state index in [-0.39, 0.29) is 23.0 Å². The molecule has 3 nitrogen and oxygen atoms in total. The van der Waals surface area contributed by atoms with Crippen LogP contribution >= 0.6 is 0 Å². The van der Waals surface area contributed by atoms with Crippen molar-refractivity contribution in [1.29, 1.82) is 0 Å². The van der Waals surface area contributed by atoms with Crippen molar-refractivity contribution < 1.29 is 4.79 Å². The van der Waals surface area contributed by atoms with Gasteiger partial charge in [0.1, 0.15) is 0 Å². The maximum Gasteiger partial charge on any atom is 0.251 e.